The molecular formula is C51H82N2O11. The fourth-order valence-corrected chi connectivity index (χ4v) is 10.4. The zero-order valence-corrected chi connectivity index (χ0v) is 40.5. The van der Waals surface area contributed by atoms with E-state index in [2.05, 4.69) is 6.92 Å². The largest absolute Gasteiger partial charge is 0.461 e. The van der Waals surface area contributed by atoms with E-state index in [9.17, 15) is 29.4 Å². The topological polar surface area (TPSA) is 184 Å². The quantitative estimate of drug-likeness (QED) is 0.142. The maximum atomic E-state index is 14.4. The van der Waals surface area contributed by atoms with E-state index in [4.69, 9.17) is 29.4 Å². The number of carbonyl (C=O) groups is 4. The number of aliphatic hydroxyl groups excluding tert-OH is 1. The molecule has 4 N–H and O–H groups in total. The second-order valence-corrected chi connectivity index (χ2v) is 19.8. The Morgan fingerprint density at radius 2 is 1.58 bits per heavy atom. The number of allylic oxidation sites excluding steroid dienone is 6. The molecule has 1 aliphatic carbocycles. The number of hydrogen-bond donors (Lipinski definition) is 3. The number of Topliss-reactive ketones (excluding diaryl/α,β-unsaturated/α-hetero) is 2. The standard InChI is InChI=1S/C51H82N2O11/c1-31-16-12-11-13-17-33(3)43(60-8)30-39-22-20-37(7)51(59,64-39)48(56)49(57)53-25-15-14-18-41(53)50(58)63-42(34(4)28-38-21-23-40(52)44(29-38)61-9)24-19-32(2)27-36(6)46(55)47(62-10)45(54)35(5)26-31/h11-13,16-17,27,31-32,34-35,37-44,46-47,55,59H,14-15,18-26,28-30,52H2,1-10H3/b13-11+,16-12+,33-17+,36-27+/t31-,32+,34-,35-,37-,38+,39+,40+,41+,42+,43+,44-,46-,47+,51-/m1/s1. The molecule has 4 rings (SSSR count). The van der Waals surface area contributed by atoms with Crippen molar-refractivity contribution in [1.82, 2.24) is 4.90 Å². The Hall–Kier alpha value is -3.04. The molecule has 0 aromatic carbocycles. The van der Waals surface area contributed by atoms with E-state index in [0.29, 0.717) is 69.3 Å². The fraction of sp³-hybridized carbons (Fsp3) is 0.765. The van der Waals surface area contributed by atoms with Crippen LogP contribution in [0.3, 0.4) is 0 Å². The number of aliphatic hydroxyl groups is 2. The van der Waals surface area contributed by atoms with Crippen molar-refractivity contribution in [1.29, 1.82) is 0 Å². The summed E-state index contributed by atoms with van der Waals surface area (Å²) in [4.78, 5) is 57.8. The van der Waals surface area contributed by atoms with Gasteiger partial charge in [0.05, 0.1) is 18.3 Å². The molecule has 15 atom stereocenters. The first-order valence-corrected chi connectivity index (χ1v) is 24.1. The number of nitrogens with zero attached hydrogens (tertiary/aromatic N) is 1. The number of methoxy groups -OCH3 is 3. The summed E-state index contributed by atoms with van der Waals surface area (Å²) in [6, 6.07) is -1.03. The minimum absolute atomic E-state index is 0.0254. The minimum Gasteiger partial charge on any atom is -0.461 e. The molecule has 3 aliphatic heterocycles. The van der Waals surface area contributed by atoms with E-state index in [1.807, 2.05) is 64.2 Å². The number of nitrogens with two attached hydrogens (primary N) is 1. The molecular weight excluding hydrogens is 817 g/mol. The molecule has 3 fully saturated rings. The lowest BCUT2D eigenvalue weighted by Gasteiger charge is -2.42. The summed E-state index contributed by atoms with van der Waals surface area (Å²) in [6.45, 7) is 13.7. The number of ketones is 2. The van der Waals surface area contributed by atoms with E-state index in [1.165, 1.54) is 12.0 Å². The molecule has 1 amide bonds. The van der Waals surface area contributed by atoms with Gasteiger partial charge in [0.25, 0.3) is 11.7 Å². The van der Waals surface area contributed by atoms with Gasteiger partial charge in [-0.25, -0.2) is 4.79 Å². The zero-order chi connectivity index (χ0) is 47.3. The van der Waals surface area contributed by atoms with Crippen LogP contribution in [0.1, 0.15) is 132 Å². The van der Waals surface area contributed by atoms with Crippen molar-refractivity contribution in [3.63, 3.8) is 0 Å². The summed E-state index contributed by atoms with van der Waals surface area (Å²) < 4.78 is 29.8. The maximum absolute atomic E-state index is 14.4. The van der Waals surface area contributed by atoms with Crippen LogP contribution in [0.25, 0.3) is 0 Å². The Labute approximate surface area is 383 Å². The van der Waals surface area contributed by atoms with Crippen LogP contribution >= 0.6 is 0 Å². The van der Waals surface area contributed by atoms with E-state index >= 15 is 0 Å². The van der Waals surface area contributed by atoms with Crippen LogP contribution in [-0.2, 0) is 42.9 Å². The predicted octanol–water partition coefficient (Wildman–Crippen LogP) is 6.97. The highest BCUT2D eigenvalue weighted by atomic mass is 16.6. The second kappa shape index (κ2) is 25.2. The Bertz CT molecular complexity index is 1680. The number of hydrogen-bond acceptors (Lipinski definition) is 12. The number of esters is 1. The number of ether oxygens (including phenoxy) is 5. The molecule has 2 saturated heterocycles. The van der Waals surface area contributed by atoms with Crippen molar-refractivity contribution in [2.45, 2.75) is 186 Å². The summed E-state index contributed by atoms with van der Waals surface area (Å²) in [5.74, 6) is -5.87. The lowest BCUT2D eigenvalue weighted by Crippen LogP contribution is -2.61. The Kier molecular flexibility index (Phi) is 21.1. The molecule has 0 aromatic heterocycles. The van der Waals surface area contributed by atoms with Gasteiger partial charge in [-0.15, -0.1) is 0 Å². The Balaban J connectivity index is 1.67. The van der Waals surface area contributed by atoms with Gasteiger partial charge in [0.15, 0.2) is 5.78 Å². The van der Waals surface area contributed by atoms with Crippen LogP contribution < -0.4 is 5.73 Å². The number of rotatable bonds is 6. The van der Waals surface area contributed by atoms with Gasteiger partial charge < -0.3 is 44.5 Å². The van der Waals surface area contributed by atoms with Crippen LogP contribution in [0.5, 0.6) is 0 Å². The fourth-order valence-electron chi connectivity index (χ4n) is 10.4. The SMILES string of the molecule is CO[C@H]1C[C@@H]2CC[C@@H](C)[C@@](O)(O2)C(=O)C(=O)N2CCCC[C@H]2C(=O)O[C@H]([C@H](C)C[C@@H]2CC[C@H](N)[C@H](OC)C2)CC[C@H](C)/C=C(\C)[C@@H](O)[C@@H](OC)C(=O)[C@H](C)C[C@H](C)/C=C/C=C/C=C/1C. The van der Waals surface area contributed by atoms with Gasteiger partial charge in [0.2, 0.25) is 5.79 Å². The molecule has 0 aromatic rings. The van der Waals surface area contributed by atoms with Gasteiger partial charge >= 0.3 is 5.97 Å². The predicted molar refractivity (Wildman–Crippen MR) is 247 cm³/mol. The van der Waals surface area contributed by atoms with E-state index in [1.54, 1.807) is 28.1 Å². The van der Waals surface area contributed by atoms with Crippen LogP contribution in [0.2, 0.25) is 0 Å². The second-order valence-electron chi connectivity index (χ2n) is 19.8. The highest BCUT2D eigenvalue weighted by molar-refractivity contribution is 6.39. The van der Waals surface area contributed by atoms with Gasteiger partial charge in [0.1, 0.15) is 24.4 Å². The highest BCUT2D eigenvalue weighted by Crippen LogP contribution is 2.38. The maximum Gasteiger partial charge on any atom is 0.329 e. The van der Waals surface area contributed by atoms with Gasteiger partial charge in [0, 0.05) is 52.2 Å². The van der Waals surface area contributed by atoms with Crippen molar-refractivity contribution in [3.8, 4) is 0 Å². The molecule has 0 unspecified atom stereocenters. The van der Waals surface area contributed by atoms with Crippen LogP contribution in [0.15, 0.2) is 47.6 Å². The summed E-state index contributed by atoms with van der Waals surface area (Å²) in [6.07, 6.45) is 16.0. The number of carbonyl (C=O) groups excluding carboxylic acids is 4. The van der Waals surface area contributed by atoms with Crippen molar-refractivity contribution in [2.75, 3.05) is 27.9 Å². The normalized spacial score (nSPS) is 40.8. The molecule has 13 nitrogen and oxygen atoms in total. The molecule has 1 saturated carbocycles. The third-order valence-electron chi connectivity index (χ3n) is 14.6. The van der Waals surface area contributed by atoms with Gasteiger partial charge in [-0.3, -0.25) is 14.4 Å². The summed E-state index contributed by atoms with van der Waals surface area (Å²) in [7, 11) is 4.74. The molecule has 2 bridgehead atoms. The molecule has 362 valence electrons. The van der Waals surface area contributed by atoms with Crippen molar-refractivity contribution in [3.05, 3.63) is 47.6 Å². The van der Waals surface area contributed by atoms with Crippen LogP contribution in [0, 0.1) is 35.5 Å². The number of fused-ring (bicyclic) bond motifs is 3. The lowest BCUT2D eigenvalue weighted by atomic mass is 9.78. The van der Waals surface area contributed by atoms with Gasteiger partial charge in [-0.2, -0.15) is 0 Å². The minimum atomic E-state index is -2.37. The highest BCUT2D eigenvalue weighted by Gasteiger charge is 2.53. The van der Waals surface area contributed by atoms with Crippen LogP contribution in [-0.4, -0.2) is 121 Å². The van der Waals surface area contributed by atoms with Gasteiger partial charge in [-0.1, -0.05) is 71.1 Å². The lowest BCUT2D eigenvalue weighted by molar-refractivity contribution is -0.265. The molecule has 0 radical (unpaired) electrons. The van der Waals surface area contributed by atoms with E-state index < -0.39 is 59.8 Å². The molecule has 3 heterocycles. The molecule has 0 spiro atoms. The third kappa shape index (κ3) is 14.2. The Morgan fingerprint density at radius 3 is 2.27 bits per heavy atom. The van der Waals surface area contributed by atoms with E-state index in [0.717, 1.165) is 31.3 Å². The smallest absolute Gasteiger partial charge is 0.329 e. The average Bonchev–Trinajstić information content (AvgIpc) is 3.27. The molecule has 13 heteroatoms. The number of piperidine rings is 1. The zero-order valence-electron chi connectivity index (χ0n) is 40.5. The summed E-state index contributed by atoms with van der Waals surface area (Å²) >= 11 is 0. The first-order valence-electron chi connectivity index (χ1n) is 24.1. The van der Waals surface area contributed by atoms with Crippen LogP contribution in [0.4, 0.5) is 0 Å². The van der Waals surface area contributed by atoms with Crippen molar-refractivity contribution in [2.24, 2.45) is 41.2 Å². The molecule has 64 heavy (non-hydrogen) atoms. The Morgan fingerprint density at radius 1 is 0.844 bits per heavy atom. The molecule has 4 aliphatic rings. The third-order valence-corrected chi connectivity index (χ3v) is 14.6. The van der Waals surface area contributed by atoms with Gasteiger partial charge in [-0.05, 0) is 126 Å². The monoisotopic (exact) mass is 899 g/mol. The number of cyclic esters (lactones) is 1. The summed E-state index contributed by atoms with van der Waals surface area (Å²) in [5, 5.41) is 23.4. The van der Waals surface area contributed by atoms with Crippen molar-refractivity contribution < 1.29 is 53.1 Å². The number of amides is 1. The first-order chi connectivity index (χ1) is 30.3. The van der Waals surface area contributed by atoms with E-state index in [-0.39, 0.29) is 54.2 Å². The summed E-state index contributed by atoms with van der Waals surface area (Å²) in [5.41, 5.74) is 7.89. The van der Waals surface area contributed by atoms with Crippen molar-refractivity contribution >= 4 is 23.4 Å². The first kappa shape index (κ1) is 53.6. The average molecular weight is 899 g/mol.